The van der Waals surface area contributed by atoms with Crippen molar-refractivity contribution in [2.24, 2.45) is 0 Å². The summed E-state index contributed by atoms with van der Waals surface area (Å²) in [6.07, 6.45) is 0.289. The molecule has 0 fully saturated rings. The van der Waals surface area contributed by atoms with Gasteiger partial charge >= 0.3 is 0 Å². The van der Waals surface area contributed by atoms with Crippen LogP contribution in [0.2, 0.25) is 5.02 Å². The van der Waals surface area contributed by atoms with Crippen molar-refractivity contribution in [3.63, 3.8) is 0 Å². The molecule has 0 aromatic heterocycles. The van der Waals surface area contributed by atoms with E-state index in [0.29, 0.717) is 10.7 Å². The minimum atomic E-state index is -0.243. The van der Waals surface area contributed by atoms with Crippen molar-refractivity contribution >= 4 is 29.1 Å². The number of anilines is 1. The fraction of sp³-hybridized carbons (Fsp3) is 0.222. The van der Waals surface area contributed by atoms with E-state index in [2.05, 4.69) is 5.32 Å². The number of carbonyl (C=O) groups is 2. The lowest BCUT2D eigenvalue weighted by molar-refractivity contribution is -0.132. The second-order valence-electron chi connectivity index (χ2n) is 5.41. The molecule has 0 saturated carbocycles. The molecule has 2 aromatic rings. The molecule has 0 aliphatic heterocycles. The fourth-order valence-corrected chi connectivity index (χ4v) is 2.27. The largest absolute Gasteiger partial charge is 0.336 e. The molecule has 0 aliphatic rings. The van der Waals surface area contributed by atoms with Crippen LogP contribution in [-0.4, -0.2) is 30.3 Å². The molecule has 23 heavy (non-hydrogen) atoms. The van der Waals surface area contributed by atoms with Crippen LogP contribution in [0.5, 0.6) is 0 Å². The van der Waals surface area contributed by atoms with Crippen molar-refractivity contribution < 1.29 is 9.59 Å². The van der Waals surface area contributed by atoms with Gasteiger partial charge in [0, 0.05) is 17.8 Å². The number of hydrogen-bond acceptors (Lipinski definition) is 2. The second kappa shape index (κ2) is 7.79. The number of benzene rings is 2. The van der Waals surface area contributed by atoms with Crippen LogP contribution in [0.15, 0.2) is 48.5 Å². The highest BCUT2D eigenvalue weighted by Gasteiger charge is 2.14. The predicted molar refractivity (Wildman–Crippen MR) is 92.6 cm³/mol. The molecule has 0 bridgehead atoms. The van der Waals surface area contributed by atoms with Gasteiger partial charge in [-0.3, -0.25) is 9.59 Å². The van der Waals surface area contributed by atoms with Crippen molar-refractivity contribution in [2.45, 2.75) is 13.3 Å². The number of nitrogens with one attached hydrogen (secondary N) is 1. The molecule has 2 amide bonds. The highest BCUT2D eigenvalue weighted by atomic mass is 35.5. The molecule has 0 atom stereocenters. The average molecular weight is 331 g/mol. The summed E-state index contributed by atoms with van der Waals surface area (Å²) in [5.41, 5.74) is 2.70. The molecule has 0 radical (unpaired) electrons. The van der Waals surface area contributed by atoms with Crippen LogP contribution in [0, 0.1) is 6.92 Å². The minimum Gasteiger partial charge on any atom is -0.336 e. The molecule has 0 unspecified atom stereocenters. The maximum Gasteiger partial charge on any atom is 0.243 e. The number of aryl methyl sites for hydroxylation is 1. The summed E-state index contributed by atoms with van der Waals surface area (Å²) >= 11 is 5.80. The summed E-state index contributed by atoms with van der Waals surface area (Å²) in [6, 6.07) is 14.6. The Morgan fingerprint density at radius 1 is 1.09 bits per heavy atom. The summed E-state index contributed by atoms with van der Waals surface area (Å²) in [5, 5.41) is 3.34. The van der Waals surface area contributed by atoms with Crippen molar-refractivity contribution in [3.05, 3.63) is 64.7 Å². The van der Waals surface area contributed by atoms with E-state index in [4.69, 9.17) is 11.6 Å². The first-order valence-corrected chi connectivity index (χ1v) is 7.67. The average Bonchev–Trinajstić information content (AvgIpc) is 2.51. The number of amides is 2. The number of carbonyl (C=O) groups excluding carboxylic acids is 2. The number of rotatable bonds is 5. The van der Waals surface area contributed by atoms with Gasteiger partial charge in [0.15, 0.2) is 0 Å². The molecule has 0 saturated heterocycles. The normalized spacial score (nSPS) is 10.2. The lowest BCUT2D eigenvalue weighted by Gasteiger charge is -2.17. The number of halogens is 1. The lowest BCUT2D eigenvalue weighted by Crippen LogP contribution is -2.35. The maximum absolute atomic E-state index is 12.2. The second-order valence-corrected chi connectivity index (χ2v) is 5.84. The number of likely N-dealkylation sites (N-methyl/N-ethyl adjacent to an activating group) is 1. The van der Waals surface area contributed by atoms with Gasteiger partial charge in [-0.1, -0.05) is 35.9 Å². The summed E-state index contributed by atoms with van der Waals surface area (Å²) in [4.78, 5) is 25.6. The standard InChI is InChI=1S/C18H19ClN2O2/c1-13-5-3-4-6-14(13)11-18(23)21(2)12-17(22)20-16-9-7-15(19)8-10-16/h3-10H,11-12H2,1-2H3,(H,20,22). The van der Waals surface area contributed by atoms with Gasteiger partial charge in [-0.25, -0.2) is 0 Å². The van der Waals surface area contributed by atoms with Gasteiger partial charge in [-0.15, -0.1) is 0 Å². The quantitative estimate of drug-likeness (QED) is 0.914. The zero-order valence-corrected chi connectivity index (χ0v) is 13.9. The van der Waals surface area contributed by atoms with E-state index >= 15 is 0 Å². The summed E-state index contributed by atoms with van der Waals surface area (Å²) < 4.78 is 0. The Morgan fingerprint density at radius 3 is 2.39 bits per heavy atom. The van der Waals surface area contributed by atoms with Crippen molar-refractivity contribution in [1.29, 1.82) is 0 Å². The lowest BCUT2D eigenvalue weighted by atomic mass is 10.1. The molecule has 0 aliphatic carbocycles. The molecule has 5 heteroatoms. The highest BCUT2D eigenvalue weighted by Crippen LogP contribution is 2.13. The molecule has 2 rings (SSSR count). The van der Waals surface area contributed by atoms with Crippen LogP contribution in [0.4, 0.5) is 5.69 Å². The van der Waals surface area contributed by atoms with Gasteiger partial charge in [0.1, 0.15) is 0 Å². The minimum absolute atomic E-state index is 0.00728. The van der Waals surface area contributed by atoms with Gasteiger partial charge in [0.25, 0.3) is 0 Å². The monoisotopic (exact) mass is 330 g/mol. The van der Waals surface area contributed by atoms with E-state index in [0.717, 1.165) is 11.1 Å². The molecule has 0 heterocycles. The Hall–Kier alpha value is -2.33. The van der Waals surface area contributed by atoms with Gasteiger partial charge < -0.3 is 10.2 Å². The SMILES string of the molecule is Cc1ccccc1CC(=O)N(C)CC(=O)Nc1ccc(Cl)cc1. The molecule has 120 valence electrons. The Balaban J connectivity index is 1.89. The molecular formula is C18H19ClN2O2. The third-order valence-corrected chi connectivity index (χ3v) is 3.79. The summed E-state index contributed by atoms with van der Waals surface area (Å²) in [5.74, 6) is -0.335. The number of nitrogens with zero attached hydrogens (tertiary/aromatic N) is 1. The molecule has 0 spiro atoms. The number of hydrogen-bond donors (Lipinski definition) is 1. The third-order valence-electron chi connectivity index (χ3n) is 3.54. The van der Waals surface area contributed by atoms with Crippen molar-refractivity contribution in [2.75, 3.05) is 18.9 Å². The fourth-order valence-electron chi connectivity index (χ4n) is 2.14. The van der Waals surface area contributed by atoms with Crippen molar-refractivity contribution in [3.8, 4) is 0 Å². The smallest absolute Gasteiger partial charge is 0.243 e. The first-order valence-electron chi connectivity index (χ1n) is 7.29. The first-order chi connectivity index (χ1) is 11.0. The van der Waals surface area contributed by atoms with Crippen LogP contribution < -0.4 is 5.32 Å². The van der Waals surface area contributed by atoms with E-state index in [1.807, 2.05) is 31.2 Å². The maximum atomic E-state index is 12.2. The molecule has 2 aromatic carbocycles. The van der Waals surface area contributed by atoms with E-state index in [1.165, 1.54) is 4.90 Å². The zero-order chi connectivity index (χ0) is 16.8. The summed E-state index contributed by atoms with van der Waals surface area (Å²) in [7, 11) is 1.63. The zero-order valence-electron chi connectivity index (χ0n) is 13.2. The topological polar surface area (TPSA) is 49.4 Å². The molecular weight excluding hydrogens is 312 g/mol. The van der Waals surface area contributed by atoms with Gasteiger partial charge in [-0.2, -0.15) is 0 Å². The Bertz CT molecular complexity index is 698. The Morgan fingerprint density at radius 2 is 1.74 bits per heavy atom. The molecule has 1 N–H and O–H groups in total. The van der Waals surface area contributed by atoms with E-state index < -0.39 is 0 Å². The van der Waals surface area contributed by atoms with E-state index in [9.17, 15) is 9.59 Å². The van der Waals surface area contributed by atoms with Crippen LogP contribution >= 0.6 is 11.6 Å². The van der Waals surface area contributed by atoms with E-state index in [1.54, 1.807) is 31.3 Å². The van der Waals surface area contributed by atoms with Crippen LogP contribution in [0.3, 0.4) is 0 Å². The Labute approximate surface area is 141 Å². The third kappa shape index (κ3) is 5.11. The van der Waals surface area contributed by atoms with E-state index in [-0.39, 0.29) is 24.8 Å². The van der Waals surface area contributed by atoms with Crippen LogP contribution in [-0.2, 0) is 16.0 Å². The van der Waals surface area contributed by atoms with Crippen LogP contribution in [0.25, 0.3) is 0 Å². The first kappa shape index (κ1) is 17.0. The highest BCUT2D eigenvalue weighted by molar-refractivity contribution is 6.30. The predicted octanol–water partition coefficient (Wildman–Crippen LogP) is 3.29. The van der Waals surface area contributed by atoms with Gasteiger partial charge in [-0.05, 0) is 42.3 Å². The Kier molecular flexibility index (Phi) is 5.77. The van der Waals surface area contributed by atoms with Crippen LogP contribution in [0.1, 0.15) is 11.1 Å². The van der Waals surface area contributed by atoms with Gasteiger partial charge in [0.05, 0.1) is 13.0 Å². The summed E-state index contributed by atoms with van der Waals surface area (Å²) in [6.45, 7) is 1.98. The molecule has 4 nitrogen and oxygen atoms in total. The van der Waals surface area contributed by atoms with Crippen molar-refractivity contribution in [1.82, 2.24) is 4.90 Å². The van der Waals surface area contributed by atoms with Gasteiger partial charge in [0.2, 0.25) is 11.8 Å².